The van der Waals surface area contributed by atoms with E-state index in [4.69, 9.17) is 0 Å². The van der Waals surface area contributed by atoms with Gasteiger partial charge < -0.3 is 10.6 Å². The number of nitrogens with zero attached hydrogens (tertiary/aromatic N) is 1. The van der Waals surface area contributed by atoms with Crippen molar-refractivity contribution in [1.29, 1.82) is 0 Å². The lowest BCUT2D eigenvalue weighted by molar-refractivity contribution is -0.131. The Kier molecular flexibility index (Phi) is 7.32. The maximum Gasteiger partial charge on any atom is 0.262 e. The van der Waals surface area contributed by atoms with Crippen LogP contribution >= 0.6 is 0 Å². The first-order valence-corrected chi connectivity index (χ1v) is 12.7. The number of carbonyl (C=O) groups is 4. The summed E-state index contributed by atoms with van der Waals surface area (Å²) < 4.78 is 0. The molecule has 4 aromatic rings. The lowest BCUT2D eigenvalue weighted by Crippen LogP contribution is -2.51. The summed E-state index contributed by atoms with van der Waals surface area (Å²) in [4.78, 5) is 54.1. The lowest BCUT2D eigenvalue weighted by atomic mass is 9.97. The van der Waals surface area contributed by atoms with Crippen LogP contribution in [-0.2, 0) is 9.59 Å². The van der Waals surface area contributed by atoms with Crippen molar-refractivity contribution in [2.75, 3.05) is 0 Å². The molecule has 194 valence electrons. The molecule has 4 aromatic carbocycles. The van der Waals surface area contributed by atoms with Crippen molar-refractivity contribution in [3.8, 4) is 0 Å². The molecule has 1 heterocycles. The Labute approximate surface area is 226 Å². The fraction of sp³-hybridized carbons (Fsp3) is 0.125. The van der Waals surface area contributed by atoms with Crippen LogP contribution in [0.4, 0.5) is 0 Å². The minimum Gasteiger partial charge on any atom is -0.343 e. The van der Waals surface area contributed by atoms with E-state index in [-0.39, 0.29) is 11.1 Å². The topological polar surface area (TPSA) is 95.6 Å². The number of amides is 4. The summed E-state index contributed by atoms with van der Waals surface area (Å²) in [5.41, 5.74) is 2.85. The van der Waals surface area contributed by atoms with Gasteiger partial charge in [0, 0.05) is 0 Å². The standard InChI is InChI=1S/C32H27N3O4/c1-21(35-31(38)25-19-11-12-20-26(25)32(35)39)29(36)34-28(24-17-9-4-10-18-24)30(37)33-27(22-13-5-2-6-14-22)23-15-7-3-8-16-23/h2-21,27-28H,1H3,(H,33,37)(H,34,36). The molecule has 0 aliphatic carbocycles. The van der Waals surface area contributed by atoms with Crippen LogP contribution in [0.2, 0.25) is 0 Å². The third-order valence-corrected chi connectivity index (χ3v) is 6.83. The second-order valence-electron chi connectivity index (χ2n) is 9.32. The predicted octanol–water partition coefficient (Wildman–Crippen LogP) is 4.43. The molecule has 1 aliphatic heterocycles. The third kappa shape index (κ3) is 5.20. The van der Waals surface area contributed by atoms with Gasteiger partial charge in [-0.2, -0.15) is 0 Å². The van der Waals surface area contributed by atoms with Crippen molar-refractivity contribution < 1.29 is 19.2 Å². The van der Waals surface area contributed by atoms with Crippen molar-refractivity contribution in [3.05, 3.63) is 143 Å². The zero-order chi connectivity index (χ0) is 27.4. The molecular weight excluding hydrogens is 490 g/mol. The number of fused-ring (bicyclic) bond motifs is 1. The molecule has 7 heteroatoms. The van der Waals surface area contributed by atoms with E-state index in [2.05, 4.69) is 10.6 Å². The summed E-state index contributed by atoms with van der Waals surface area (Å²) in [7, 11) is 0. The highest BCUT2D eigenvalue weighted by atomic mass is 16.2. The van der Waals surface area contributed by atoms with Crippen molar-refractivity contribution in [2.45, 2.75) is 25.0 Å². The van der Waals surface area contributed by atoms with E-state index in [1.54, 1.807) is 48.5 Å². The molecule has 7 nitrogen and oxygen atoms in total. The van der Waals surface area contributed by atoms with Crippen molar-refractivity contribution in [3.63, 3.8) is 0 Å². The maximum absolute atomic E-state index is 13.8. The molecule has 5 rings (SSSR count). The fourth-order valence-corrected chi connectivity index (χ4v) is 4.76. The Morgan fingerprint density at radius 1 is 0.564 bits per heavy atom. The van der Waals surface area contributed by atoms with Crippen molar-refractivity contribution >= 4 is 23.6 Å². The zero-order valence-corrected chi connectivity index (χ0v) is 21.3. The molecule has 0 saturated carbocycles. The highest BCUT2D eigenvalue weighted by Gasteiger charge is 2.41. The van der Waals surface area contributed by atoms with Gasteiger partial charge in [0.1, 0.15) is 12.1 Å². The van der Waals surface area contributed by atoms with Crippen LogP contribution in [0.15, 0.2) is 115 Å². The normalized spacial score (nSPS) is 14.1. The van der Waals surface area contributed by atoms with Crippen molar-refractivity contribution in [2.24, 2.45) is 0 Å². The molecule has 2 N–H and O–H groups in total. The van der Waals surface area contributed by atoms with Gasteiger partial charge >= 0.3 is 0 Å². The van der Waals surface area contributed by atoms with Gasteiger partial charge in [0.15, 0.2) is 0 Å². The number of imide groups is 1. The molecule has 0 aromatic heterocycles. The van der Waals surface area contributed by atoms with Crippen molar-refractivity contribution in [1.82, 2.24) is 15.5 Å². The fourth-order valence-electron chi connectivity index (χ4n) is 4.76. The van der Waals surface area contributed by atoms with Crippen LogP contribution in [0.1, 0.15) is 56.4 Å². The first kappa shape index (κ1) is 25.6. The number of rotatable bonds is 8. The number of benzene rings is 4. The molecule has 1 aliphatic rings. The van der Waals surface area contributed by atoms with Crippen LogP contribution in [0.5, 0.6) is 0 Å². The van der Waals surface area contributed by atoms with Crippen LogP contribution in [0.25, 0.3) is 0 Å². The van der Waals surface area contributed by atoms with Gasteiger partial charge in [0.2, 0.25) is 11.8 Å². The first-order valence-electron chi connectivity index (χ1n) is 12.7. The van der Waals surface area contributed by atoms with Gasteiger partial charge in [-0.15, -0.1) is 0 Å². The number of hydrogen-bond acceptors (Lipinski definition) is 4. The van der Waals surface area contributed by atoms with Crippen LogP contribution < -0.4 is 10.6 Å². The number of hydrogen-bond donors (Lipinski definition) is 2. The molecular formula is C32H27N3O4. The second-order valence-corrected chi connectivity index (χ2v) is 9.32. The van der Waals surface area contributed by atoms with Crippen LogP contribution in [0, 0.1) is 0 Å². The number of carbonyl (C=O) groups excluding carboxylic acids is 4. The molecule has 0 bridgehead atoms. The first-order chi connectivity index (χ1) is 19.0. The van der Waals surface area contributed by atoms with Gasteiger partial charge in [-0.1, -0.05) is 103 Å². The maximum atomic E-state index is 13.8. The lowest BCUT2D eigenvalue weighted by Gasteiger charge is -2.27. The van der Waals surface area contributed by atoms with E-state index in [0.717, 1.165) is 16.0 Å². The minimum atomic E-state index is -1.13. The molecule has 0 spiro atoms. The highest BCUT2D eigenvalue weighted by molar-refractivity contribution is 6.22. The smallest absolute Gasteiger partial charge is 0.262 e. The summed E-state index contributed by atoms with van der Waals surface area (Å²) in [6.07, 6.45) is 0. The summed E-state index contributed by atoms with van der Waals surface area (Å²) in [5.74, 6) is -2.12. The Hall–Kier alpha value is -5.04. The minimum absolute atomic E-state index is 0.257. The van der Waals surface area contributed by atoms with Gasteiger partial charge in [-0.3, -0.25) is 24.1 Å². The van der Waals surface area contributed by atoms with Gasteiger partial charge in [0.05, 0.1) is 17.2 Å². The SMILES string of the molecule is CC(C(=O)NC(C(=O)NC(c1ccccc1)c1ccccc1)c1ccccc1)N1C(=O)c2ccccc2C1=O. The molecule has 4 amide bonds. The number of nitrogens with one attached hydrogen (secondary N) is 2. The summed E-state index contributed by atoms with van der Waals surface area (Å²) in [6.45, 7) is 1.48. The molecule has 0 radical (unpaired) electrons. The largest absolute Gasteiger partial charge is 0.343 e. The Morgan fingerprint density at radius 3 is 1.44 bits per heavy atom. The average Bonchev–Trinajstić information content (AvgIpc) is 3.24. The van der Waals surface area contributed by atoms with E-state index in [9.17, 15) is 19.2 Å². The van der Waals surface area contributed by atoms with Gasteiger partial charge in [0.25, 0.3) is 11.8 Å². The Bertz CT molecular complexity index is 1430. The Balaban J connectivity index is 1.41. The monoisotopic (exact) mass is 517 g/mol. The highest BCUT2D eigenvalue weighted by Crippen LogP contribution is 2.26. The molecule has 0 fully saturated rings. The zero-order valence-electron chi connectivity index (χ0n) is 21.3. The summed E-state index contributed by atoms with van der Waals surface area (Å²) >= 11 is 0. The molecule has 2 unspecified atom stereocenters. The quantitative estimate of drug-likeness (QED) is 0.338. The summed E-state index contributed by atoms with van der Waals surface area (Å²) in [6, 6.07) is 31.8. The molecule has 0 saturated heterocycles. The Morgan fingerprint density at radius 2 is 0.974 bits per heavy atom. The average molecular weight is 518 g/mol. The van der Waals surface area contributed by atoms with Crippen LogP contribution in [-0.4, -0.2) is 34.6 Å². The third-order valence-electron chi connectivity index (χ3n) is 6.83. The van der Waals surface area contributed by atoms with E-state index >= 15 is 0 Å². The van der Waals surface area contributed by atoms with E-state index < -0.39 is 41.8 Å². The summed E-state index contributed by atoms with van der Waals surface area (Å²) in [5, 5.41) is 5.88. The molecule has 39 heavy (non-hydrogen) atoms. The van der Waals surface area contributed by atoms with Gasteiger partial charge in [-0.05, 0) is 35.7 Å². The predicted molar refractivity (Wildman–Crippen MR) is 147 cm³/mol. The second kappa shape index (κ2) is 11.1. The van der Waals surface area contributed by atoms with E-state index in [1.165, 1.54) is 6.92 Å². The van der Waals surface area contributed by atoms with Gasteiger partial charge in [-0.25, -0.2) is 0 Å². The van der Waals surface area contributed by atoms with Crippen LogP contribution in [0.3, 0.4) is 0 Å². The van der Waals surface area contributed by atoms with E-state index in [0.29, 0.717) is 5.56 Å². The molecule has 2 atom stereocenters. The van der Waals surface area contributed by atoms with E-state index in [1.807, 2.05) is 66.7 Å².